The first-order chi connectivity index (χ1) is 8.66. The Morgan fingerprint density at radius 1 is 1.44 bits per heavy atom. The molecule has 0 aromatic heterocycles. The summed E-state index contributed by atoms with van der Waals surface area (Å²) in [6.07, 6.45) is 4.25. The molecule has 2 aliphatic rings. The molecule has 0 aromatic rings. The topological polar surface area (TPSA) is 67.8 Å². The molecule has 104 valence electrons. The number of ether oxygens (including phenoxy) is 2. The highest BCUT2D eigenvalue weighted by atomic mass is 16.5. The van der Waals surface area contributed by atoms with Crippen LogP contribution in [0.3, 0.4) is 0 Å². The molecule has 2 fully saturated rings. The van der Waals surface area contributed by atoms with Gasteiger partial charge in [-0.2, -0.15) is 0 Å². The second-order valence-electron chi connectivity index (χ2n) is 5.39. The van der Waals surface area contributed by atoms with E-state index in [1.807, 2.05) is 0 Å². The second-order valence-corrected chi connectivity index (χ2v) is 5.39. The normalized spacial score (nSPS) is 33.7. The Labute approximate surface area is 108 Å². The smallest absolute Gasteiger partial charge is 0.323 e. The third-order valence-corrected chi connectivity index (χ3v) is 4.27. The lowest BCUT2D eigenvalue weighted by Crippen LogP contribution is -2.48. The van der Waals surface area contributed by atoms with E-state index in [0.29, 0.717) is 18.8 Å². The molecule has 0 amide bonds. The Bertz CT molecular complexity index is 291. The average molecular weight is 257 g/mol. The largest absolute Gasteiger partial charge is 0.480 e. The fraction of sp³-hybridized carbons (Fsp3) is 0.923. The van der Waals surface area contributed by atoms with Crippen LogP contribution in [0, 0.1) is 5.92 Å². The number of hydrogen-bond donors (Lipinski definition) is 2. The lowest BCUT2D eigenvalue weighted by molar-refractivity contribution is -0.144. The van der Waals surface area contributed by atoms with Gasteiger partial charge in [0.15, 0.2) is 0 Å². The molecule has 1 saturated carbocycles. The minimum atomic E-state index is -0.777. The number of nitrogens with one attached hydrogen (secondary N) is 1. The van der Waals surface area contributed by atoms with Crippen molar-refractivity contribution >= 4 is 5.97 Å². The minimum absolute atomic E-state index is 0.0800. The predicted octanol–water partition coefficient (Wildman–Crippen LogP) is 1.02. The van der Waals surface area contributed by atoms with Gasteiger partial charge in [-0.25, -0.2) is 0 Å². The van der Waals surface area contributed by atoms with Crippen molar-refractivity contribution in [2.24, 2.45) is 5.92 Å². The van der Waals surface area contributed by atoms with Gasteiger partial charge in [0.1, 0.15) is 5.54 Å². The quantitative estimate of drug-likeness (QED) is 0.770. The van der Waals surface area contributed by atoms with Crippen LogP contribution in [0.25, 0.3) is 0 Å². The maximum absolute atomic E-state index is 11.3. The molecule has 0 aromatic carbocycles. The van der Waals surface area contributed by atoms with Gasteiger partial charge in [-0.15, -0.1) is 0 Å². The van der Waals surface area contributed by atoms with Crippen molar-refractivity contribution in [1.82, 2.24) is 5.32 Å². The summed E-state index contributed by atoms with van der Waals surface area (Å²) in [6, 6.07) is 0. The zero-order chi connectivity index (χ0) is 13.0. The highest BCUT2D eigenvalue weighted by molar-refractivity contribution is 5.79. The number of carboxylic acid groups (broad SMARTS) is 1. The Morgan fingerprint density at radius 3 is 2.72 bits per heavy atom. The molecule has 2 atom stereocenters. The molecule has 1 heterocycles. The summed E-state index contributed by atoms with van der Waals surface area (Å²) < 4.78 is 11.2. The van der Waals surface area contributed by atoms with Gasteiger partial charge in [-0.05, 0) is 38.6 Å². The Balaban J connectivity index is 1.76. The molecule has 1 aliphatic carbocycles. The van der Waals surface area contributed by atoms with E-state index in [4.69, 9.17) is 9.47 Å². The van der Waals surface area contributed by atoms with Gasteiger partial charge >= 0.3 is 5.97 Å². The summed E-state index contributed by atoms with van der Waals surface area (Å²) >= 11 is 0. The molecule has 1 saturated heterocycles. The van der Waals surface area contributed by atoms with E-state index in [1.54, 1.807) is 7.05 Å². The SMILES string of the molecule is CNC1(C(=O)O)CCC(OCC2CCOCC2)C1. The minimum Gasteiger partial charge on any atom is -0.480 e. The van der Waals surface area contributed by atoms with Crippen molar-refractivity contribution in [3.8, 4) is 0 Å². The first-order valence-corrected chi connectivity index (χ1v) is 6.78. The van der Waals surface area contributed by atoms with E-state index in [2.05, 4.69) is 5.32 Å². The van der Waals surface area contributed by atoms with E-state index in [0.717, 1.165) is 39.1 Å². The number of hydrogen-bond acceptors (Lipinski definition) is 4. The van der Waals surface area contributed by atoms with E-state index in [1.165, 1.54) is 0 Å². The highest BCUT2D eigenvalue weighted by Crippen LogP contribution is 2.32. The Morgan fingerprint density at radius 2 is 2.17 bits per heavy atom. The molecule has 0 spiro atoms. The first kappa shape index (κ1) is 13.8. The third-order valence-electron chi connectivity index (χ3n) is 4.27. The standard InChI is InChI=1S/C13H23NO4/c1-14-13(12(15)16)5-2-11(8-13)18-9-10-3-6-17-7-4-10/h10-11,14H,2-9H2,1H3,(H,15,16). The molecule has 0 radical (unpaired) electrons. The van der Waals surface area contributed by atoms with Crippen molar-refractivity contribution in [2.45, 2.75) is 43.7 Å². The monoisotopic (exact) mass is 257 g/mol. The van der Waals surface area contributed by atoms with Crippen molar-refractivity contribution < 1.29 is 19.4 Å². The highest BCUT2D eigenvalue weighted by Gasteiger charge is 2.44. The predicted molar refractivity (Wildman–Crippen MR) is 66.6 cm³/mol. The van der Waals surface area contributed by atoms with E-state index >= 15 is 0 Å². The summed E-state index contributed by atoms with van der Waals surface area (Å²) in [7, 11) is 1.72. The van der Waals surface area contributed by atoms with Gasteiger partial charge in [0, 0.05) is 26.2 Å². The molecule has 18 heavy (non-hydrogen) atoms. The summed E-state index contributed by atoms with van der Waals surface area (Å²) in [5, 5.41) is 12.2. The van der Waals surface area contributed by atoms with Crippen molar-refractivity contribution in [2.75, 3.05) is 26.9 Å². The van der Waals surface area contributed by atoms with Gasteiger partial charge < -0.3 is 19.9 Å². The average Bonchev–Trinajstić information content (AvgIpc) is 2.83. The fourth-order valence-electron chi connectivity index (χ4n) is 2.86. The summed E-state index contributed by atoms with van der Waals surface area (Å²) in [4.78, 5) is 11.3. The van der Waals surface area contributed by atoms with Crippen LogP contribution in [0.2, 0.25) is 0 Å². The van der Waals surface area contributed by atoms with Gasteiger partial charge in [0.2, 0.25) is 0 Å². The van der Waals surface area contributed by atoms with Gasteiger partial charge in [-0.3, -0.25) is 4.79 Å². The van der Waals surface area contributed by atoms with Crippen LogP contribution in [0.15, 0.2) is 0 Å². The molecule has 0 bridgehead atoms. The van der Waals surface area contributed by atoms with Crippen LogP contribution in [0.1, 0.15) is 32.1 Å². The maximum atomic E-state index is 11.3. The maximum Gasteiger partial charge on any atom is 0.323 e. The lowest BCUT2D eigenvalue weighted by atomic mass is 9.98. The molecular weight excluding hydrogens is 234 g/mol. The zero-order valence-electron chi connectivity index (χ0n) is 11.0. The van der Waals surface area contributed by atoms with Crippen molar-refractivity contribution in [1.29, 1.82) is 0 Å². The lowest BCUT2D eigenvalue weighted by Gasteiger charge is -2.25. The van der Waals surface area contributed by atoms with Crippen LogP contribution >= 0.6 is 0 Å². The molecule has 2 rings (SSSR count). The Kier molecular flexibility index (Phi) is 4.59. The van der Waals surface area contributed by atoms with Crippen molar-refractivity contribution in [3.05, 3.63) is 0 Å². The number of carboxylic acids is 1. The van der Waals surface area contributed by atoms with E-state index in [-0.39, 0.29) is 6.10 Å². The summed E-state index contributed by atoms with van der Waals surface area (Å²) in [5.41, 5.74) is -0.777. The molecule has 5 heteroatoms. The molecule has 2 unspecified atom stereocenters. The number of aliphatic carboxylic acids is 1. The summed E-state index contributed by atoms with van der Waals surface area (Å²) in [6.45, 7) is 2.40. The van der Waals surface area contributed by atoms with Gasteiger partial charge in [0.25, 0.3) is 0 Å². The third kappa shape index (κ3) is 3.02. The van der Waals surface area contributed by atoms with Crippen LogP contribution in [0.4, 0.5) is 0 Å². The van der Waals surface area contributed by atoms with Crippen LogP contribution in [-0.4, -0.2) is 49.6 Å². The fourth-order valence-corrected chi connectivity index (χ4v) is 2.86. The number of likely N-dealkylation sites (N-methyl/N-ethyl adjacent to an activating group) is 1. The van der Waals surface area contributed by atoms with E-state index in [9.17, 15) is 9.90 Å². The van der Waals surface area contributed by atoms with E-state index < -0.39 is 11.5 Å². The van der Waals surface area contributed by atoms with Crippen molar-refractivity contribution in [3.63, 3.8) is 0 Å². The zero-order valence-corrected chi connectivity index (χ0v) is 11.0. The summed E-state index contributed by atoms with van der Waals surface area (Å²) in [5.74, 6) is -0.185. The van der Waals surface area contributed by atoms with Gasteiger partial charge in [-0.1, -0.05) is 0 Å². The molecule has 1 aliphatic heterocycles. The number of rotatable bonds is 5. The van der Waals surface area contributed by atoms with Crippen LogP contribution in [0.5, 0.6) is 0 Å². The second kappa shape index (κ2) is 5.99. The molecular formula is C13H23NO4. The Hall–Kier alpha value is -0.650. The molecule has 2 N–H and O–H groups in total. The van der Waals surface area contributed by atoms with Crippen LogP contribution in [-0.2, 0) is 14.3 Å². The number of carbonyl (C=O) groups is 1. The molecule has 5 nitrogen and oxygen atoms in total. The van der Waals surface area contributed by atoms with Crippen LogP contribution < -0.4 is 5.32 Å². The first-order valence-electron chi connectivity index (χ1n) is 6.78. The van der Waals surface area contributed by atoms with Gasteiger partial charge in [0.05, 0.1) is 6.10 Å².